The lowest BCUT2D eigenvalue weighted by Crippen LogP contribution is -2.45. The molecule has 182 valence electrons. The molecule has 0 bridgehead atoms. The molecule has 1 atom stereocenters. The number of carbonyl (C=O) groups is 2. The molecule has 0 spiro atoms. The molecular formula is C23H38N2O7. The van der Waals surface area contributed by atoms with Crippen molar-refractivity contribution in [1.82, 2.24) is 5.32 Å². The molecule has 3 saturated carbocycles. The van der Waals surface area contributed by atoms with Crippen molar-refractivity contribution in [2.75, 3.05) is 6.61 Å². The molecule has 3 rings (SSSR count). The van der Waals surface area contributed by atoms with Crippen LogP contribution in [0.25, 0.3) is 0 Å². The molecule has 2 N–H and O–H groups in total. The quantitative estimate of drug-likeness (QED) is 0.325. The van der Waals surface area contributed by atoms with Gasteiger partial charge in [0, 0.05) is 17.8 Å². The van der Waals surface area contributed by atoms with Gasteiger partial charge in [-0.25, -0.2) is 9.59 Å². The van der Waals surface area contributed by atoms with Gasteiger partial charge < -0.3 is 19.9 Å². The first-order chi connectivity index (χ1) is 15.4. The van der Waals surface area contributed by atoms with Crippen LogP contribution in [0.15, 0.2) is 0 Å². The number of ether oxygens (including phenoxy) is 2. The van der Waals surface area contributed by atoms with E-state index >= 15 is 0 Å². The fraction of sp³-hybridized carbons (Fsp3) is 0.913. The molecule has 0 saturated heterocycles. The van der Waals surface area contributed by atoms with E-state index in [2.05, 4.69) is 5.32 Å². The summed E-state index contributed by atoms with van der Waals surface area (Å²) >= 11 is 0. The molecule has 3 aliphatic rings. The normalized spacial score (nSPS) is 30.2. The van der Waals surface area contributed by atoms with Crippen LogP contribution in [0, 0.1) is 22.0 Å². The third kappa shape index (κ3) is 7.90. The summed E-state index contributed by atoms with van der Waals surface area (Å²) in [6.07, 6.45) is 9.63. The minimum absolute atomic E-state index is 0.222. The maximum atomic E-state index is 12.9. The van der Waals surface area contributed by atoms with E-state index in [9.17, 15) is 24.8 Å². The number of rotatable bonds is 8. The van der Waals surface area contributed by atoms with E-state index in [0.29, 0.717) is 57.5 Å². The SMILES string of the molecule is O=C(NC(CC1CCC(O)CC1)C(=O)OC1CCC([N+](=O)[O-])CC1)OCC1CCCCC1. The first-order valence-electron chi connectivity index (χ1n) is 12.4. The summed E-state index contributed by atoms with van der Waals surface area (Å²) in [6, 6.07) is -1.37. The number of esters is 1. The first-order valence-corrected chi connectivity index (χ1v) is 12.4. The number of hydrogen-bond acceptors (Lipinski definition) is 7. The van der Waals surface area contributed by atoms with Gasteiger partial charge >= 0.3 is 12.1 Å². The number of amides is 1. The molecule has 9 heteroatoms. The average molecular weight is 455 g/mol. The Kier molecular flexibility index (Phi) is 9.56. The first kappa shape index (κ1) is 24.7. The van der Waals surface area contributed by atoms with Crippen LogP contribution in [0.1, 0.15) is 89.9 Å². The molecule has 9 nitrogen and oxygen atoms in total. The van der Waals surface area contributed by atoms with Crippen LogP contribution in [0.4, 0.5) is 4.79 Å². The fourth-order valence-corrected chi connectivity index (χ4v) is 5.28. The van der Waals surface area contributed by atoms with Crippen LogP contribution in [0.2, 0.25) is 0 Å². The van der Waals surface area contributed by atoms with Crippen molar-refractivity contribution in [3.8, 4) is 0 Å². The number of aliphatic hydroxyl groups excluding tert-OH is 1. The highest BCUT2D eigenvalue weighted by Gasteiger charge is 2.34. The molecule has 0 radical (unpaired) electrons. The Balaban J connectivity index is 1.51. The summed E-state index contributed by atoms with van der Waals surface area (Å²) in [4.78, 5) is 36.1. The van der Waals surface area contributed by atoms with Crippen molar-refractivity contribution < 1.29 is 29.1 Å². The van der Waals surface area contributed by atoms with Gasteiger partial charge in [-0.1, -0.05) is 19.3 Å². The fourth-order valence-electron chi connectivity index (χ4n) is 5.28. The molecule has 0 heterocycles. The number of nitrogens with one attached hydrogen (secondary N) is 1. The van der Waals surface area contributed by atoms with Crippen LogP contribution < -0.4 is 5.32 Å². The van der Waals surface area contributed by atoms with Gasteiger partial charge in [-0.15, -0.1) is 0 Å². The second-order valence-corrected chi connectivity index (χ2v) is 9.86. The zero-order chi connectivity index (χ0) is 22.9. The van der Waals surface area contributed by atoms with Gasteiger partial charge in [-0.2, -0.15) is 0 Å². The van der Waals surface area contributed by atoms with Gasteiger partial charge in [0.2, 0.25) is 6.04 Å². The van der Waals surface area contributed by atoms with Crippen LogP contribution in [0.3, 0.4) is 0 Å². The number of alkyl carbamates (subject to hydrolysis) is 1. The van der Waals surface area contributed by atoms with E-state index in [1.165, 1.54) is 6.42 Å². The molecule has 0 aromatic heterocycles. The summed E-state index contributed by atoms with van der Waals surface area (Å²) in [6.45, 7) is 0.369. The third-order valence-corrected chi connectivity index (χ3v) is 7.36. The highest BCUT2D eigenvalue weighted by Crippen LogP contribution is 2.29. The van der Waals surface area contributed by atoms with Crippen molar-refractivity contribution in [1.29, 1.82) is 0 Å². The van der Waals surface area contributed by atoms with Crippen molar-refractivity contribution in [2.24, 2.45) is 11.8 Å². The highest BCUT2D eigenvalue weighted by atomic mass is 16.6. The highest BCUT2D eigenvalue weighted by molar-refractivity contribution is 5.81. The molecule has 3 aliphatic carbocycles. The minimum Gasteiger partial charge on any atom is -0.461 e. The van der Waals surface area contributed by atoms with Gasteiger partial charge in [0.25, 0.3) is 0 Å². The van der Waals surface area contributed by atoms with Crippen molar-refractivity contribution in [2.45, 2.75) is 114 Å². The van der Waals surface area contributed by atoms with E-state index in [0.717, 1.165) is 38.5 Å². The summed E-state index contributed by atoms with van der Waals surface area (Å²) < 4.78 is 11.1. The number of nitro groups is 1. The predicted octanol–water partition coefficient (Wildman–Crippen LogP) is 3.73. The second-order valence-electron chi connectivity index (χ2n) is 9.86. The molecule has 0 aromatic carbocycles. The van der Waals surface area contributed by atoms with E-state index in [-0.39, 0.29) is 23.0 Å². The van der Waals surface area contributed by atoms with Crippen molar-refractivity contribution >= 4 is 12.1 Å². The largest absolute Gasteiger partial charge is 0.461 e. The summed E-state index contributed by atoms with van der Waals surface area (Å²) in [5.74, 6) is 0.117. The second kappa shape index (κ2) is 12.4. The molecule has 1 unspecified atom stereocenters. The van der Waals surface area contributed by atoms with Gasteiger partial charge in [-0.3, -0.25) is 10.1 Å². The number of aliphatic hydroxyl groups is 1. The molecule has 32 heavy (non-hydrogen) atoms. The third-order valence-electron chi connectivity index (χ3n) is 7.36. The summed E-state index contributed by atoms with van der Waals surface area (Å²) in [5, 5.41) is 23.4. The Bertz CT molecular complexity index is 622. The average Bonchev–Trinajstić information content (AvgIpc) is 2.79. The van der Waals surface area contributed by atoms with Gasteiger partial charge in [0.1, 0.15) is 12.1 Å². The molecule has 0 aromatic rings. The van der Waals surface area contributed by atoms with E-state index in [4.69, 9.17) is 9.47 Å². The monoisotopic (exact) mass is 454 g/mol. The summed E-state index contributed by atoms with van der Waals surface area (Å²) in [7, 11) is 0. The lowest BCUT2D eigenvalue weighted by Gasteiger charge is -2.30. The zero-order valence-electron chi connectivity index (χ0n) is 18.9. The van der Waals surface area contributed by atoms with E-state index in [1.807, 2.05) is 0 Å². The lowest BCUT2D eigenvalue weighted by molar-refractivity contribution is -0.527. The van der Waals surface area contributed by atoms with Gasteiger partial charge in [-0.05, 0) is 69.6 Å². The lowest BCUT2D eigenvalue weighted by atomic mass is 9.83. The maximum Gasteiger partial charge on any atom is 0.407 e. The molecular weight excluding hydrogens is 416 g/mol. The van der Waals surface area contributed by atoms with Crippen LogP contribution in [-0.4, -0.2) is 53.0 Å². The van der Waals surface area contributed by atoms with Crippen molar-refractivity contribution in [3.05, 3.63) is 10.1 Å². The van der Waals surface area contributed by atoms with Gasteiger partial charge in [0.05, 0.1) is 12.7 Å². The van der Waals surface area contributed by atoms with Crippen molar-refractivity contribution in [3.63, 3.8) is 0 Å². The zero-order valence-corrected chi connectivity index (χ0v) is 18.9. The molecule has 0 aliphatic heterocycles. The number of hydrogen-bond donors (Lipinski definition) is 2. The minimum atomic E-state index is -0.803. The van der Waals surface area contributed by atoms with E-state index in [1.54, 1.807) is 0 Å². The standard InChI is InChI=1S/C23H38N2O7/c26-19-10-6-16(7-11-19)14-21(24-23(28)31-15-17-4-2-1-3-5-17)22(27)32-20-12-8-18(9-13-20)25(29)30/h16-21,26H,1-15H2,(H,24,28). The van der Waals surface area contributed by atoms with Crippen LogP contribution in [-0.2, 0) is 14.3 Å². The molecule has 1 amide bonds. The number of nitrogens with zero attached hydrogens (tertiary/aromatic N) is 1. The topological polar surface area (TPSA) is 128 Å². The Labute approximate surface area is 189 Å². The summed E-state index contributed by atoms with van der Waals surface area (Å²) in [5.41, 5.74) is 0. The smallest absolute Gasteiger partial charge is 0.407 e. The maximum absolute atomic E-state index is 12.9. The Morgan fingerprint density at radius 1 is 0.938 bits per heavy atom. The van der Waals surface area contributed by atoms with Crippen LogP contribution in [0.5, 0.6) is 0 Å². The Hall–Kier alpha value is -1.90. The van der Waals surface area contributed by atoms with E-state index < -0.39 is 24.1 Å². The number of carbonyl (C=O) groups excluding carboxylic acids is 2. The Morgan fingerprint density at radius 3 is 2.22 bits per heavy atom. The predicted molar refractivity (Wildman–Crippen MR) is 117 cm³/mol. The molecule has 3 fully saturated rings. The Morgan fingerprint density at radius 2 is 1.59 bits per heavy atom. The van der Waals surface area contributed by atoms with Crippen LogP contribution >= 0.6 is 0 Å². The van der Waals surface area contributed by atoms with Gasteiger partial charge in [0.15, 0.2) is 0 Å².